The van der Waals surface area contributed by atoms with Crippen molar-refractivity contribution in [3.63, 3.8) is 0 Å². The van der Waals surface area contributed by atoms with Gasteiger partial charge in [0.2, 0.25) is 0 Å². The van der Waals surface area contributed by atoms with Crippen LogP contribution in [0.2, 0.25) is 22.2 Å². The van der Waals surface area contributed by atoms with E-state index in [1.807, 2.05) is 19.1 Å². The van der Waals surface area contributed by atoms with Crippen LogP contribution in [0.4, 0.5) is 5.82 Å². The molecule has 0 aromatic carbocycles. The molecule has 302 valence electrons. The fraction of sp³-hybridized carbons (Fsp3) is 0.619. The minimum absolute atomic E-state index is 0.0739. The third kappa shape index (κ3) is 8.87. The Morgan fingerprint density at radius 3 is 2.29 bits per heavy atom. The summed E-state index contributed by atoms with van der Waals surface area (Å²) < 4.78 is 36.8. The van der Waals surface area contributed by atoms with Crippen molar-refractivity contribution in [2.75, 3.05) is 12.3 Å². The summed E-state index contributed by atoms with van der Waals surface area (Å²) in [6, 6.07) is 0. The molecule has 55 heavy (non-hydrogen) atoms. The van der Waals surface area contributed by atoms with Crippen molar-refractivity contribution in [3.8, 4) is 0 Å². The number of hydrogen-bond acceptors (Lipinski definition) is 10. The number of esters is 1. The van der Waals surface area contributed by atoms with Gasteiger partial charge in [0.15, 0.2) is 23.8 Å². The zero-order valence-electron chi connectivity index (χ0n) is 35.4. The van der Waals surface area contributed by atoms with Crippen LogP contribution < -0.4 is 5.73 Å². The highest BCUT2D eigenvalue weighted by molar-refractivity contribution is 6.84. The second-order valence-corrected chi connectivity index (χ2v) is 26.4. The Morgan fingerprint density at radius 1 is 0.982 bits per heavy atom. The van der Waals surface area contributed by atoms with E-state index in [0.29, 0.717) is 11.2 Å². The van der Waals surface area contributed by atoms with Gasteiger partial charge < -0.3 is 28.2 Å². The molecular formula is C42H65N5O6Si2. The molecule has 2 aromatic heterocycles. The molecule has 1 aliphatic carbocycles. The number of anilines is 1. The molecule has 4 heterocycles. The Bertz CT molecular complexity index is 1840. The van der Waals surface area contributed by atoms with Gasteiger partial charge in [-0.3, -0.25) is 4.57 Å². The summed E-state index contributed by atoms with van der Waals surface area (Å²) >= 11 is 0. The summed E-state index contributed by atoms with van der Waals surface area (Å²) in [6.45, 7) is 28.5. The third-order valence-corrected chi connectivity index (χ3v) is 21.9. The molecule has 2 saturated heterocycles. The number of ether oxygens (including phenoxy) is 2. The van der Waals surface area contributed by atoms with E-state index in [9.17, 15) is 4.79 Å². The van der Waals surface area contributed by atoms with Crippen LogP contribution in [-0.2, 0) is 27.2 Å². The van der Waals surface area contributed by atoms with Crippen molar-refractivity contribution >= 4 is 40.1 Å². The molecule has 2 fully saturated rings. The fourth-order valence-corrected chi connectivity index (χ4v) is 19.8. The average Bonchev–Trinajstić information content (AvgIpc) is 3.65. The number of hydrogen-bond donors (Lipinski definition) is 1. The Morgan fingerprint density at radius 2 is 1.65 bits per heavy atom. The molecule has 2 aliphatic heterocycles. The SMILES string of the molecule is CC1=C(/C=C/C(C)=C/C=C/C(C)=C/C(=O)O[C@H]2[C@@H]3O[Si](C(C)C)(C(C)C)O[Si](C(C)C)(C(C)C)OC[C@H]3O[C@H]2n2cnc3c(N)ncnc32)C(C)(C)CCC1. The van der Waals surface area contributed by atoms with Crippen molar-refractivity contribution in [1.29, 1.82) is 0 Å². The second-order valence-electron chi connectivity index (χ2n) is 17.5. The zero-order valence-corrected chi connectivity index (χ0v) is 37.4. The van der Waals surface area contributed by atoms with E-state index >= 15 is 0 Å². The molecule has 0 bridgehead atoms. The minimum atomic E-state index is -3.07. The number of fused-ring (bicyclic) bond motifs is 2. The lowest BCUT2D eigenvalue weighted by molar-refractivity contribution is -0.152. The number of imidazole rings is 1. The average molecular weight is 792 g/mol. The van der Waals surface area contributed by atoms with Gasteiger partial charge >= 0.3 is 23.1 Å². The van der Waals surface area contributed by atoms with E-state index in [4.69, 9.17) is 28.2 Å². The maximum atomic E-state index is 13.9. The minimum Gasteiger partial charge on any atom is -0.452 e. The van der Waals surface area contributed by atoms with Gasteiger partial charge in [0.25, 0.3) is 0 Å². The van der Waals surface area contributed by atoms with Crippen LogP contribution in [0, 0.1) is 5.41 Å². The summed E-state index contributed by atoms with van der Waals surface area (Å²) in [6.07, 6.45) is 15.5. The molecule has 5 rings (SSSR count). The highest BCUT2D eigenvalue weighted by atomic mass is 28.5. The van der Waals surface area contributed by atoms with Crippen LogP contribution in [0.5, 0.6) is 0 Å². The number of rotatable bonds is 11. The Kier molecular flexibility index (Phi) is 13.4. The molecule has 0 amide bonds. The van der Waals surface area contributed by atoms with Gasteiger partial charge in [-0.05, 0) is 78.8 Å². The molecule has 0 radical (unpaired) electrons. The van der Waals surface area contributed by atoms with Crippen LogP contribution in [0.3, 0.4) is 0 Å². The normalized spacial score (nSPS) is 26.2. The molecule has 3 aliphatic rings. The summed E-state index contributed by atoms with van der Waals surface area (Å²) in [5, 5.41) is 0. The van der Waals surface area contributed by atoms with Crippen molar-refractivity contribution in [3.05, 3.63) is 71.4 Å². The number of carbonyl (C=O) groups is 1. The van der Waals surface area contributed by atoms with Gasteiger partial charge in [-0.2, -0.15) is 0 Å². The third-order valence-electron chi connectivity index (χ3n) is 11.6. The number of nitrogen functional groups attached to an aromatic ring is 1. The maximum Gasteiger partial charge on any atom is 0.335 e. The predicted octanol–water partition coefficient (Wildman–Crippen LogP) is 9.71. The van der Waals surface area contributed by atoms with E-state index in [-0.39, 0.29) is 40.0 Å². The van der Waals surface area contributed by atoms with Crippen LogP contribution in [0.15, 0.2) is 71.4 Å². The van der Waals surface area contributed by atoms with E-state index in [0.717, 1.165) is 17.6 Å². The fourth-order valence-electron chi connectivity index (χ4n) is 8.56. The zero-order chi connectivity index (χ0) is 40.5. The van der Waals surface area contributed by atoms with E-state index in [2.05, 4.69) is 116 Å². The molecule has 0 unspecified atom stereocenters. The number of carbonyl (C=O) groups excluding carboxylic acids is 1. The van der Waals surface area contributed by atoms with E-state index in [1.165, 1.54) is 36.4 Å². The van der Waals surface area contributed by atoms with Crippen molar-refractivity contribution < 1.29 is 27.2 Å². The van der Waals surface area contributed by atoms with Crippen molar-refractivity contribution in [2.45, 2.75) is 156 Å². The van der Waals surface area contributed by atoms with E-state index < -0.39 is 47.6 Å². The first-order chi connectivity index (χ1) is 25.8. The lowest BCUT2D eigenvalue weighted by Gasteiger charge is -2.51. The molecule has 0 saturated carbocycles. The van der Waals surface area contributed by atoms with Crippen molar-refractivity contribution in [2.24, 2.45) is 5.41 Å². The molecule has 0 spiro atoms. The second kappa shape index (κ2) is 17.1. The topological polar surface area (TPSA) is 133 Å². The molecule has 2 aromatic rings. The van der Waals surface area contributed by atoms with Crippen LogP contribution in [0.25, 0.3) is 11.2 Å². The van der Waals surface area contributed by atoms with Crippen LogP contribution in [-0.4, -0.2) is 67.5 Å². The first-order valence-electron chi connectivity index (χ1n) is 20.1. The molecule has 11 nitrogen and oxygen atoms in total. The van der Waals surface area contributed by atoms with Gasteiger partial charge in [-0.1, -0.05) is 111 Å². The monoisotopic (exact) mass is 791 g/mol. The number of aromatic nitrogens is 4. The largest absolute Gasteiger partial charge is 0.452 e. The summed E-state index contributed by atoms with van der Waals surface area (Å²) in [5.41, 5.74) is 12.5. The number of nitrogens with two attached hydrogens (primary N) is 1. The van der Waals surface area contributed by atoms with Crippen molar-refractivity contribution in [1.82, 2.24) is 19.5 Å². The lowest BCUT2D eigenvalue weighted by Crippen LogP contribution is -2.66. The molecule has 4 atom stereocenters. The Hall–Kier alpha value is -3.21. The number of nitrogens with zero attached hydrogens (tertiary/aromatic N) is 4. The highest BCUT2D eigenvalue weighted by Gasteiger charge is 2.62. The van der Waals surface area contributed by atoms with Crippen LogP contribution >= 0.6 is 0 Å². The quantitative estimate of drug-likeness (QED) is 0.102. The molecule has 13 heteroatoms. The van der Waals surface area contributed by atoms with E-state index in [1.54, 1.807) is 10.9 Å². The van der Waals surface area contributed by atoms with Gasteiger partial charge in [-0.25, -0.2) is 19.7 Å². The molecule has 2 N–H and O–H groups in total. The Balaban J connectivity index is 1.46. The molecular weight excluding hydrogens is 727 g/mol. The highest BCUT2D eigenvalue weighted by Crippen LogP contribution is 2.49. The summed E-state index contributed by atoms with van der Waals surface area (Å²) in [4.78, 5) is 27.0. The van der Waals surface area contributed by atoms with Crippen LogP contribution in [0.1, 0.15) is 115 Å². The number of allylic oxidation sites excluding steroid dienone is 9. The van der Waals surface area contributed by atoms with Gasteiger partial charge in [0.05, 0.1) is 12.9 Å². The predicted molar refractivity (Wildman–Crippen MR) is 223 cm³/mol. The summed E-state index contributed by atoms with van der Waals surface area (Å²) in [5.74, 6) is -0.260. The first kappa shape index (κ1) is 42.9. The smallest absolute Gasteiger partial charge is 0.335 e. The van der Waals surface area contributed by atoms with Gasteiger partial charge in [0.1, 0.15) is 24.1 Å². The summed E-state index contributed by atoms with van der Waals surface area (Å²) in [7, 11) is -5.91. The lowest BCUT2D eigenvalue weighted by atomic mass is 9.72. The van der Waals surface area contributed by atoms with Gasteiger partial charge in [-0.15, -0.1) is 0 Å². The standard InChI is InChI=1S/C42H65N5O6Si2/c1-26(2)54(27(3)4)49-23-34-37(52-55(53-54,28(5)6)29(7)8)38(41(50-34)47-25-46-36-39(43)44-24-45-40(36)47)51-35(48)22-31(10)17-14-16-30(9)19-20-33-32(11)18-15-21-42(33,12)13/h14,16-17,19-20,22,24-29,34,37-38,41H,15,18,21,23H2,1-13H3,(H2,43,44,45)/b17-14+,20-19+,30-16+,31-22+/t34-,37-,38+,41-/m1/s1. The maximum absolute atomic E-state index is 13.9. The first-order valence-corrected chi connectivity index (χ1v) is 24.0. The van der Waals surface area contributed by atoms with Gasteiger partial charge in [0, 0.05) is 6.08 Å². The Labute approximate surface area is 331 Å².